The Bertz CT molecular complexity index is 812. The molecule has 80 valence electrons. The predicted octanol–water partition coefficient (Wildman–Crippen LogP) is 1.13. The first-order valence-corrected chi connectivity index (χ1v) is 5.49. The van der Waals surface area contributed by atoms with Gasteiger partial charge in [-0.15, -0.1) is 11.3 Å². The first-order valence-electron chi connectivity index (χ1n) is 4.67. The molecular weight excluding hydrogens is 226 g/mol. The summed E-state index contributed by atoms with van der Waals surface area (Å²) in [5, 5.41) is 0.497. The molecule has 0 aliphatic carbocycles. The molecule has 6 heteroatoms. The Morgan fingerprint density at radius 2 is 2.19 bits per heavy atom. The fourth-order valence-corrected chi connectivity index (χ4v) is 2.72. The maximum atomic E-state index is 11.7. The van der Waals surface area contributed by atoms with E-state index < -0.39 is 0 Å². The lowest BCUT2D eigenvalue weighted by molar-refractivity contribution is 1.07. The Hall–Kier alpha value is -1.95. The van der Waals surface area contributed by atoms with Crippen molar-refractivity contribution in [1.82, 2.24) is 15.0 Å². The quantitative estimate of drug-likeness (QED) is 0.611. The molecule has 0 amide bonds. The van der Waals surface area contributed by atoms with Crippen molar-refractivity contribution in [2.24, 2.45) is 0 Å². The van der Waals surface area contributed by atoms with Gasteiger partial charge >= 0.3 is 0 Å². The van der Waals surface area contributed by atoms with Crippen molar-refractivity contribution in [2.75, 3.05) is 0 Å². The normalized spacial score (nSPS) is 11.3. The fourth-order valence-electron chi connectivity index (χ4n) is 1.71. The van der Waals surface area contributed by atoms with Crippen LogP contribution in [0.25, 0.3) is 20.4 Å². The highest BCUT2D eigenvalue weighted by atomic mass is 32.1. The van der Waals surface area contributed by atoms with Gasteiger partial charge in [-0.25, -0.2) is 4.98 Å². The summed E-state index contributed by atoms with van der Waals surface area (Å²) in [5.41, 5.74) is 0.178. The van der Waals surface area contributed by atoms with Gasteiger partial charge in [0, 0.05) is 12.3 Å². The van der Waals surface area contributed by atoms with Crippen molar-refractivity contribution in [3.63, 3.8) is 0 Å². The second-order valence-electron chi connectivity index (χ2n) is 3.48. The summed E-state index contributed by atoms with van der Waals surface area (Å²) in [6, 6.07) is 1.44. The zero-order valence-electron chi connectivity index (χ0n) is 8.33. The summed E-state index contributed by atoms with van der Waals surface area (Å²) >= 11 is 1.25. The molecule has 2 N–H and O–H groups in total. The van der Waals surface area contributed by atoms with Crippen LogP contribution in [0, 0.1) is 6.92 Å². The largest absolute Gasteiger partial charge is 0.353 e. The molecule has 0 aliphatic heterocycles. The summed E-state index contributed by atoms with van der Waals surface area (Å²) in [5.74, 6) is 0.514. The number of fused-ring (bicyclic) bond motifs is 3. The summed E-state index contributed by atoms with van der Waals surface area (Å²) in [4.78, 5) is 33.9. The number of nitrogens with one attached hydrogen (secondary N) is 2. The number of thiophene rings is 1. The Morgan fingerprint density at radius 1 is 1.38 bits per heavy atom. The molecule has 0 saturated carbocycles. The maximum absolute atomic E-state index is 11.7. The minimum atomic E-state index is -0.198. The van der Waals surface area contributed by atoms with Crippen LogP contribution in [-0.4, -0.2) is 15.0 Å². The second kappa shape index (κ2) is 3.02. The summed E-state index contributed by atoms with van der Waals surface area (Å²) < 4.78 is 0.486. The van der Waals surface area contributed by atoms with Crippen LogP contribution in [0.2, 0.25) is 0 Å². The van der Waals surface area contributed by atoms with Gasteiger partial charge < -0.3 is 9.97 Å². The maximum Gasteiger partial charge on any atom is 0.268 e. The molecule has 0 aromatic carbocycles. The van der Waals surface area contributed by atoms with Gasteiger partial charge in [-0.2, -0.15) is 0 Å². The van der Waals surface area contributed by atoms with Crippen LogP contribution in [0.3, 0.4) is 0 Å². The molecule has 0 atom stereocenters. The number of H-pyrrole nitrogens is 2. The Labute approximate surface area is 92.8 Å². The molecule has 3 heterocycles. The van der Waals surface area contributed by atoms with Crippen LogP contribution in [0.4, 0.5) is 0 Å². The van der Waals surface area contributed by atoms with E-state index in [1.165, 1.54) is 17.4 Å². The SMILES string of the molecule is Cc1nc2c(sc3[nH]ccc(=O)c32)c(=O)[nH]1. The molecule has 3 rings (SSSR count). The van der Waals surface area contributed by atoms with E-state index in [2.05, 4.69) is 15.0 Å². The second-order valence-corrected chi connectivity index (χ2v) is 4.50. The van der Waals surface area contributed by atoms with Crippen molar-refractivity contribution in [2.45, 2.75) is 6.92 Å². The lowest BCUT2D eigenvalue weighted by Crippen LogP contribution is -2.08. The fraction of sp³-hybridized carbons (Fsp3) is 0.100. The third kappa shape index (κ3) is 1.13. The molecule has 0 fully saturated rings. The smallest absolute Gasteiger partial charge is 0.268 e. The van der Waals surface area contributed by atoms with Gasteiger partial charge in [-0.1, -0.05) is 0 Å². The number of hydrogen-bond acceptors (Lipinski definition) is 4. The average Bonchev–Trinajstić information content (AvgIpc) is 2.58. The van der Waals surface area contributed by atoms with E-state index >= 15 is 0 Å². The highest BCUT2D eigenvalue weighted by molar-refractivity contribution is 7.25. The lowest BCUT2D eigenvalue weighted by Gasteiger charge is -1.92. The van der Waals surface area contributed by atoms with Gasteiger partial charge in [-0.3, -0.25) is 9.59 Å². The number of aryl methyl sites for hydroxylation is 1. The van der Waals surface area contributed by atoms with Crippen LogP contribution in [-0.2, 0) is 0 Å². The lowest BCUT2D eigenvalue weighted by atomic mass is 10.3. The van der Waals surface area contributed by atoms with E-state index in [0.29, 0.717) is 26.3 Å². The van der Waals surface area contributed by atoms with Crippen molar-refractivity contribution < 1.29 is 0 Å². The van der Waals surface area contributed by atoms with Gasteiger partial charge in [0.1, 0.15) is 20.9 Å². The molecule has 0 saturated heterocycles. The number of nitrogens with zero attached hydrogens (tertiary/aromatic N) is 1. The monoisotopic (exact) mass is 233 g/mol. The van der Waals surface area contributed by atoms with E-state index in [9.17, 15) is 9.59 Å². The number of hydrogen-bond donors (Lipinski definition) is 2. The molecule has 16 heavy (non-hydrogen) atoms. The van der Waals surface area contributed by atoms with Gasteiger partial charge in [0.05, 0.1) is 5.39 Å². The Balaban J connectivity index is 2.74. The molecular formula is C10H7N3O2S. The van der Waals surface area contributed by atoms with Crippen LogP contribution in [0.5, 0.6) is 0 Å². The topological polar surface area (TPSA) is 78.6 Å². The standard InChI is InChI=1S/C10H7N3O2S/c1-4-12-7-6-5(14)2-3-11-10(6)16-8(7)9(15)13-4/h2-3H,1H3,(H,11,14)(H,12,13,15). The zero-order valence-corrected chi connectivity index (χ0v) is 9.14. The van der Waals surface area contributed by atoms with E-state index in [0.717, 1.165) is 0 Å². The van der Waals surface area contributed by atoms with E-state index in [1.54, 1.807) is 13.1 Å². The van der Waals surface area contributed by atoms with Crippen molar-refractivity contribution in [3.05, 3.63) is 38.7 Å². The highest BCUT2D eigenvalue weighted by Crippen LogP contribution is 2.25. The molecule has 3 aromatic heterocycles. The predicted molar refractivity (Wildman–Crippen MR) is 63.1 cm³/mol. The first-order chi connectivity index (χ1) is 7.66. The van der Waals surface area contributed by atoms with E-state index in [-0.39, 0.29) is 11.0 Å². The van der Waals surface area contributed by atoms with Gasteiger partial charge in [-0.05, 0) is 6.92 Å². The number of aromatic nitrogens is 3. The van der Waals surface area contributed by atoms with Crippen LogP contribution in [0.1, 0.15) is 5.82 Å². The number of aromatic amines is 2. The molecule has 5 nitrogen and oxygen atoms in total. The zero-order chi connectivity index (χ0) is 11.3. The van der Waals surface area contributed by atoms with Crippen molar-refractivity contribution in [3.8, 4) is 0 Å². The Morgan fingerprint density at radius 3 is 3.00 bits per heavy atom. The molecule has 0 spiro atoms. The van der Waals surface area contributed by atoms with E-state index in [4.69, 9.17) is 0 Å². The first kappa shape index (κ1) is 9.29. The molecule has 3 aromatic rings. The summed E-state index contributed by atoms with van der Waals surface area (Å²) in [6.45, 7) is 1.70. The third-order valence-electron chi connectivity index (χ3n) is 2.36. The average molecular weight is 233 g/mol. The van der Waals surface area contributed by atoms with Crippen molar-refractivity contribution in [1.29, 1.82) is 0 Å². The Kier molecular flexibility index (Phi) is 1.75. The van der Waals surface area contributed by atoms with Gasteiger partial charge in [0.25, 0.3) is 5.56 Å². The minimum Gasteiger partial charge on any atom is -0.353 e. The summed E-state index contributed by atoms with van der Waals surface area (Å²) in [7, 11) is 0. The molecule has 0 bridgehead atoms. The minimum absolute atomic E-state index is 0.113. The van der Waals surface area contributed by atoms with Gasteiger partial charge in [0.2, 0.25) is 0 Å². The highest BCUT2D eigenvalue weighted by Gasteiger charge is 2.12. The number of rotatable bonds is 0. The van der Waals surface area contributed by atoms with Crippen molar-refractivity contribution >= 4 is 31.8 Å². The number of pyridine rings is 1. The van der Waals surface area contributed by atoms with Crippen LogP contribution in [0.15, 0.2) is 21.9 Å². The third-order valence-corrected chi connectivity index (χ3v) is 3.47. The van der Waals surface area contributed by atoms with Gasteiger partial charge in [0.15, 0.2) is 5.43 Å². The molecule has 0 radical (unpaired) electrons. The molecule has 0 unspecified atom stereocenters. The molecule has 0 aliphatic rings. The van der Waals surface area contributed by atoms with Crippen LogP contribution < -0.4 is 11.0 Å². The summed E-state index contributed by atoms with van der Waals surface area (Å²) in [6.07, 6.45) is 1.57. The van der Waals surface area contributed by atoms with E-state index in [1.807, 2.05) is 0 Å². The van der Waals surface area contributed by atoms with Crippen LogP contribution >= 0.6 is 11.3 Å².